The van der Waals surface area contributed by atoms with Gasteiger partial charge >= 0.3 is 5.97 Å². The van der Waals surface area contributed by atoms with Crippen molar-refractivity contribution in [3.63, 3.8) is 0 Å². The number of ether oxygens (including phenoxy) is 1. The minimum Gasteiger partial charge on any atom is -0.468 e. The Morgan fingerprint density at radius 3 is 2.81 bits per heavy atom. The molecule has 0 spiro atoms. The van der Waals surface area contributed by atoms with E-state index in [1.807, 2.05) is 0 Å². The van der Waals surface area contributed by atoms with Gasteiger partial charge in [-0.15, -0.1) is 0 Å². The molecule has 2 atom stereocenters. The largest absolute Gasteiger partial charge is 0.468 e. The summed E-state index contributed by atoms with van der Waals surface area (Å²) in [6, 6.07) is 4.00. The molecule has 1 aromatic carbocycles. The Balaban J connectivity index is 2.25. The fraction of sp³-hybridized carbons (Fsp3) is 0.333. The Hall–Kier alpha value is -2.67. The van der Waals surface area contributed by atoms with Gasteiger partial charge in [-0.1, -0.05) is 18.2 Å². The summed E-state index contributed by atoms with van der Waals surface area (Å²) in [5.74, 6) is -2.36. The summed E-state index contributed by atoms with van der Waals surface area (Å²) < 4.78 is 4.89. The molecule has 7 nitrogen and oxygen atoms in total. The van der Waals surface area contributed by atoms with E-state index in [1.54, 1.807) is 0 Å². The standard InChI is InChI=1S/C18H17ClN2O5/c1-9-15(18(23)26-2)16(17-13(20-9)4-3-5-14(17)22)11-8-10(21(24)25)6-7-12(11)19/h6-8,15-16,20H,1,3-5H2,2H3. The highest BCUT2D eigenvalue weighted by molar-refractivity contribution is 6.31. The van der Waals surface area contributed by atoms with Crippen LogP contribution in [0.25, 0.3) is 0 Å². The van der Waals surface area contributed by atoms with Crippen molar-refractivity contribution < 1.29 is 19.2 Å². The molecule has 2 aliphatic rings. The first-order chi connectivity index (χ1) is 12.3. The van der Waals surface area contributed by atoms with Crippen LogP contribution in [0.2, 0.25) is 5.02 Å². The molecular formula is C18H17ClN2O5. The summed E-state index contributed by atoms with van der Waals surface area (Å²) in [4.78, 5) is 35.7. The fourth-order valence-electron chi connectivity index (χ4n) is 3.62. The van der Waals surface area contributed by atoms with Gasteiger partial charge in [0.2, 0.25) is 0 Å². The number of halogens is 1. The highest BCUT2D eigenvalue weighted by atomic mass is 35.5. The van der Waals surface area contributed by atoms with E-state index >= 15 is 0 Å². The summed E-state index contributed by atoms with van der Waals surface area (Å²) >= 11 is 6.32. The number of nitrogens with zero attached hydrogens (tertiary/aromatic N) is 1. The number of nitro groups is 1. The normalized spacial score (nSPS) is 22.5. The van der Waals surface area contributed by atoms with Crippen LogP contribution in [0.15, 0.2) is 41.7 Å². The lowest BCUT2D eigenvalue weighted by Gasteiger charge is -2.38. The second-order valence-corrected chi connectivity index (χ2v) is 6.67. The zero-order chi connectivity index (χ0) is 19.0. The minimum absolute atomic E-state index is 0.104. The van der Waals surface area contributed by atoms with Gasteiger partial charge in [-0.3, -0.25) is 19.7 Å². The monoisotopic (exact) mass is 376 g/mol. The van der Waals surface area contributed by atoms with Crippen molar-refractivity contribution >= 4 is 29.0 Å². The van der Waals surface area contributed by atoms with Gasteiger partial charge in [0.25, 0.3) is 5.69 Å². The molecule has 1 aliphatic heterocycles. The summed E-state index contributed by atoms with van der Waals surface area (Å²) in [7, 11) is 1.24. The van der Waals surface area contributed by atoms with Crippen molar-refractivity contribution in [3.05, 3.63) is 62.4 Å². The van der Waals surface area contributed by atoms with Crippen LogP contribution in [0.4, 0.5) is 5.69 Å². The summed E-state index contributed by atoms with van der Waals surface area (Å²) in [6.45, 7) is 3.91. The molecule has 1 heterocycles. The van der Waals surface area contributed by atoms with Gasteiger partial charge in [-0.2, -0.15) is 0 Å². The summed E-state index contributed by atoms with van der Waals surface area (Å²) in [5.41, 5.74) is 1.70. The Morgan fingerprint density at radius 2 is 2.15 bits per heavy atom. The van der Waals surface area contributed by atoms with E-state index < -0.39 is 22.7 Å². The Morgan fingerprint density at radius 1 is 1.42 bits per heavy atom. The lowest BCUT2D eigenvalue weighted by molar-refractivity contribution is -0.384. The SMILES string of the molecule is C=C1NC2=C(C(=O)CCC2)C(c2cc([N+](=O)[O-])ccc2Cl)C1C(=O)OC. The summed E-state index contributed by atoms with van der Waals surface area (Å²) in [6.07, 6.45) is 1.68. The van der Waals surface area contributed by atoms with Crippen LogP contribution in [-0.2, 0) is 14.3 Å². The highest BCUT2D eigenvalue weighted by Gasteiger charge is 2.44. The minimum atomic E-state index is -0.902. The first-order valence-electron chi connectivity index (χ1n) is 8.09. The molecule has 0 amide bonds. The Bertz CT molecular complexity index is 861. The number of allylic oxidation sites excluding steroid dienone is 2. The number of hydrogen-bond donors (Lipinski definition) is 1. The van der Waals surface area contributed by atoms with Crippen molar-refractivity contribution in [2.45, 2.75) is 25.2 Å². The molecule has 0 bridgehead atoms. The van der Waals surface area contributed by atoms with Gasteiger partial charge in [0.05, 0.1) is 12.0 Å². The number of non-ortho nitro benzene ring substituents is 1. The number of Topliss-reactive ketones (excluding diaryl/α,β-unsaturated/α-hetero) is 1. The molecule has 1 aromatic rings. The number of benzene rings is 1. The lowest BCUT2D eigenvalue weighted by atomic mass is 9.71. The summed E-state index contributed by atoms with van der Waals surface area (Å²) in [5, 5.41) is 14.5. The zero-order valence-corrected chi connectivity index (χ0v) is 14.8. The maximum atomic E-state index is 12.6. The molecule has 8 heteroatoms. The van der Waals surface area contributed by atoms with E-state index in [0.717, 1.165) is 0 Å². The molecular weight excluding hydrogens is 360 g/mol. The second kappa shape index (κ2) is 6.92. The van der Waals surface area contributed by atoms with Crippen molar-refractivity contribution in [3.8, 4) is 0 Å². The van der Waals surface area contributed by atoms with Gasteiger partial charge in [-0.05, 0) is 24.5 Å². The topological polar surface area (TPSA) is 98.5 Å². The zero-order valence-electron chi connectivity index (χ0n) is 14.1. The third-order valence-corrected chi connectivity index (χ3v) is 5.11. The maximum absolute atomic E-state index is 12.6. The van der Waals surface area contributed by atoms with Gasteiger partial charge in [0, 0.05) is 46.5 Å². The van der Waals surface area contributed by atoms with E-state index in [2.05, 4.69) is 11.9 Å². The molecule has 1 aliphatic carbocycles. The number of esters is 1. The predicted octanol–water partition coefficient (Wildman–Crippen LogP) is 3.25. The molecule has 2 unspecified atom stereocenters. The third-order valence-electron chi connectivity index (χ3n) is 4.77. The van der Waals surface area contributed by atoms with Crippen LogP contribution < -0.4 is 5.32 Å². The number of methoxy groups -OCH3 is 1. The number of carbonyl (C=O) groups is 2. The molecule has 26 heavy (non-hydrogen) atoms. The average molecular weight is 377 g/mol. The lowest BCUT2D eigenvalue weighted by Crippen LogP contribution is -2.41. The average Bonchev–Trinajstić information content (AvgIpc) is 2.60. The van der Waals surface area contributed by atoms with Crippen LogP contribution >= 0.6 is 11.6 Å². The molecule has 0 aromatic heterocycles. The number of hydrogen-bond acceptors (Lipinski definition) is 6. The van der Waals surface area contributed by atoms with E-state index in [-0.39, 0.29) is 16.5 Å². The smallest absolute Gasteiger partial charge is 0.315 e. The number of nitrogens with one attached hydrogen (secondary N) is 1. The van der Waals surface area contributed by atoms with Gasteiger partial charge in [0.15, 0.2) is 5.78 Å². The van der Waals surface area contributed by atoms with Crippen LogP contribution in [0, 0.1) is 16.0 Å². The van der Waals surface area contributed by atoms with E-state index in [1.165, 1.54) is 25.3 Å². The first kappa shape index (κ1) is 18.1. The molecule has 0 saturated heterocycles. The molecule has 0 fully saturated rings. The molecule has 1 N–H and O–H groups in total. The number of rotatable bonds is 3. The molecule has 0 saturated carbocycles. The van der Waals surface area contributed by atoms with E-state index in [9.17, 15) is 19.7 Å². The van der Waals surface area contributed by atoms with Crippen LogP contribution in [0.3, 0.4) is 0 Å². The van der Waals surface area contributed by atoms with Crippen molar-refractivity contribution in [1.29, 1.82) is 0 Å². The number of ketones is 1. The quantitative estimate of drug-likeness (QED) is 0.494. The molecule has 3 rings (SSSR count). The van der Waals surface area contributed by atoms with Crippen LogP contribution in [0.1, 0.15) is 30.7 Å². The third kappa shape index (κ3) is 2.99. The molecule has 0 radical (unpaired) electrons. The van der Waals surface area contributed by atoms with Crippen LogP contribution in [-0.4, -0.2) is 23.8 Å². The fourth-order valence-corrected chi connectivity index (χ4v) is 3.85. The van der Waals surface area contributed by atoms with E-state index in [4.69, 9.17) is 16.3 Å². The van der Waals surface area contributed by atoms with Crippen molar-refractivity contribution in [2.75, 3.05) is 7.11 Å². The predicted molar refractivity (Wildman–Crippen MR) is 94.5 cm³/mol. The van der Waals surface area contributed by atoms with Crippen LogP contribution in [0.5, 0.6) is 0 Å². The van der Waals surface area contributed by atoms with Gasteiger partial charge in [-0.25, -0.2) is 0 Å². The Labute approximate surface area is 154 Å². The Kier molecular flexibility index (Phi) is 4.82. The number of carbonyl (C=O) groups excluding carboxylic acids is 2. The van der Waals surface area contributed by atoms with Gasteiger partial charge < -0.3 is 10.1 Å². The van der Waals surface area contributed by atoms with Crippen molar-refractivity contribution in [1.82, 2.24) is 5.32 Å². The first-order valence-corrected chi connectivity index (χ1v) is 8.46. The molecule has 136 valence electrons. The second-order valence-electron chi connectivity index (χ2n) is 6.26. The van der Waals surface area contributed by atoms with E-state index in [0.29, 0.717) is 41.8 Å². The van der Waals surface area contributed by atoms with Gasteiger partial charge in [0.1, 0.15) is 5.92 Å². The maximum Gasteiger partial charge on any atom is 0.315 e. The number of nitro benzene ring substituents is 1. The highest BCUT2D eigenvalue weighted by Crippen LogP contribution is 2.46. The van der Waals surface area contributed by atoms with Crippen molar-refractivity contribution in [2.24, 2.45) is 5.92 Å².